The first kappa shape index (κ1) is 13.1. The molecule has 104 valence electrons. The minimum Gasteiger partial charge on any atom is -0.127 e. The molecule has 0 saturated heterocycles. The molecule has 0 aliphatic carbocycles. The first-order valence-corrected chi connectivity index (χ1v) is 8.12. The van der Waals surface area contributed by atoms with E-state index in [2.05, 4.69) is 78.6 Å². The Bertz CT molecular complexity index is 988. The Kier molecular flexibility index (Phi) is 3.18. The normalized spacial score (nSPS) is 10.6. The molecule has 0 radical (unpaired) electrons. The molecule has 22 heavy (non-hydrogen) atoms. The van der Waals surface area contributed by atoms with Crippen molar-refractivity contribution in [1.82, 2.24) is 0 Å². The average Bonchev–Trinajstić information content (AvgIpc) is 3.01. The van der Waals surface area contributed by atoms with Crippen molar-refractivity contribution < 1.29 is 0 Å². The van der Waals surface area contributed by atoms with Crippen LogP contribution in [0.2, 0.25) is 0 Å². The van der Waals surface area contributed by atoms with Gasteiger partial charge in [0, 0.05) is 10.4 Å². The third kappa shape index (κ3) is 2.09. The second-order valence-corrected chi connectivity index (χ2v) is 6.32. The number of rotatable bonds is 1. The van der Waals surface area contributed by atoms with Crippen molar-refractivity contribution in [3.05, 3.63) is 71.6 Å². The fourth-order valence-corrected chi connectivity index (χ4v) is 3.93. The van der Waals surface area contributed by atoms with E-state index in [9.17, 15) is 0 Å². The van der Waals surface area contributed by atoms with E-state index in [1.165, 1.54) is 32.0 Å². The lowest BCUT2D eigenvalue weighted by Gasteiger charge is -2.10. The summed E-state index contributed by atoms with van der Waals surface area (Å²) in [6.07, 6.45) is 0. The fraction of sp³-hybridized carbons (Fsp3) is 0.0476. The zero-order valence-electron chi connectivity index (χ0n) is 12.3. The second kappa shape index (κ2) is 5.33. The first-order valence-electron chi connectivity index (χ1n) is 7.30. The van der Waals surface area contributed by atoms with Crippen LogP contribution in [-0.4, -0.2) is 0 Å². The van der Waals surface area contributed by atoms with Crippen LogP contribution < -0.4 is 0 Å². The van der Waals surface area contributed by atoms with Crippen LogP contribution in [0, 0.1) is 11.8 Å². The molecule has 0 aliphatic rings. The predicted octanol–water partition coefficient (Wildman–Crippen LogP) is 6.09. The highest BCUT2D eigenvalue weighted by molar-refractivity contribution is 7.16. The van der Waals surface area contributed by atoms with Gasteiger partial charge < -0.3 is 0 Å². The zero-order valence-corrected chi connectivity index (χ0v) is 13.1. The molecule has 0 N–H and O–H groups in total. The summed E-state index contributed by atoms with van der Waals surface area (Å²) in [6.45, 7) is 1.88. The van der Waals surface area contributed by atoms with Crippen LogP contribution in [0.1, 0.15) is 11.8 Å². The van der Waals surface area contributed by atoms with Crippen molar-refractivity contribution >= 4 is 32.9 Å². The molecule has 1 aromatic heterocycles. The van der Waals surface area contributed by atoms with E-state index in [0.717, 1.165) is 4.88 Å². The molecule has 0 aliphatic heterocycles. The van der Waals surface area contributed by atoms with E-state index in [0.29, 0.717) is 0 Å². The van der Waals surface area contributed by atoms with Gasteiger partial charge in [-0.1, -0.05) is 54.5 Å². The van der Waals surface area contributed by atoms with Gasteiger partial charge in [0.05, 0.1) is 4.88 Å². The minimum absolute atomic E-state index is 1.12. The number of benzene rings is 3. The van der Waals surface area contributed by atoms with E-state index in [1.807, 2.05) is 6.92 Å². The lowest BCUT2D eigenvalue weighted by atomic mass is 9.96. The van der Waals surface area contributed by atoms with Crippen molar-refractivity contribution in [3.8, 4) is 22.3 Å². The Labute approximate surface area is 134 Å². The van der Waals surface area contributed by atoms with Crippen molar-refractivity contribution in [3.63, 3.8) is 0 Å². The maximum absolute atomic E-state index is 3.16. The van der Waals surface area contributed by atoms with Crippen LogP contribution in [0.4, 0.5) is 0 Å². The molecule has 0 spiro atoms. The van der Waals surface area contributed by atoms with Gasteiger partial charge in [-0.2, -0.15) is 0 Å². The van der Waals surface area contributed by atoms with Crippen LogP contribution >= 0.6 is 11.3 Å². The zero-order chi connectivity index (χ0) is 14.9. The standard InChI is InChI=1S/C21H14S/c1-2-7-17-12-13-20(22-17)21-18-10-5-3-8-15(18)14-16-9-4-6-11-19(16)21/h3-6,8-14H,1H3. The largest absolute Gasteiger partial charge is 0.127 e. The van der Waals surface area contributed by atoms with Crippen LogP contribution in [0.3, 0.4) is 0 Å². The lowest BCUT2D eigenvalue weighted by molar-refractivity contribution is 1.75. The van der Waals surface area contributed by atoms with Gasteiger partial charge in [0.25, 0.3) is 0 Å². The van der Waals surface area contributed by atoms with Gasteiger partial charge in [0.1, 0.15) is 0 Å². The molecule has 1 heterocycles. The maximum Gasteiger partial charge on any atom is 0.0774 e. The number of fused-ring (bicyclic) bond motifs is 2. The first-order chi connectivity index (χ1) is 10.9. The molecule has 3 aromatic carbocycles. The van der Waals surface area contributed by atoms with E-state index in [-0.39, 0.29) is 0 Å². The third-order valence-corrected chi connectivity index (χ3v) is 4.89. The van der Waals surface area contributed by atoms with Crippen molar-refractivity contribution in [2.24, 2.45) is 0 Å². The van der Waals surface area contributed by atoms with E-state index in [4.69, 9.17) is 0 Å². The Morgan fingerprint density at radius 2 is 1.41 bits per heavy atom. The molecular formula is C21H14S. The monoisotopic (exact) mass is 298 g/mol. The van der Waals surface area contributed by atoms with Gasteiger partial charge in [-0.25, -0.2) is 0 Å². The molecule has 1 heteroatoms. The highest BCUT2D eigenvalue weighted by Gasteiger charge is 2.11. The Balaban J connectivity index is 2.12. The second-order valence-electron chi connectivity index (χ2n) is 5.23. The van der Waals surface area contributed by atoms with Gasteiger partial charge >= 0.3 is 0 Å². The summed E-state index contributed by atoms with van der Waals surface area (Å²) in [5.74, 6) is 6.15. The molecule has 0 atom stereocenters. The Morgan fingerprint density at radius 3 is 2.05 bits per heavy atom. The van der Waals surface area contributed by atoms with E-state index >= 15 is 0 Å². The molecule has 0 unspecified atom stereocenters. The SMILES string of the molecule is CC#Cc1ccc(-c2c3ccccc3cc3ccccc23)s1. The summed E-state index contributed by atoms with van der Waals surface area (Å²) in [4.78, 5) is 2.40. The van der Waals surface area contributed by atoms with Crippen molar-refractivity contribution in [2.75, 3.05) is 0 Å². The molecule has 0 amide bonds. The summed E-state index contributed by atoms with van der Waals surface area (Å²) >= 11 is 1.77. The van der Waals surface area contributed by atoms with E-state index < -0.39 is 0 Å². The van der Waals surface area contributed by atoms with Crippen molar-refractivity contribution in [1.29, 1.82) is 0 Å². The summed E-state index contributed by atoms with van der Waals surface area (Å²) < 4.78 is 0. The Morgan fingerprint density at radius 1 is 0.773 bits per heavy atom. The highest BCUT2D eigenvalue weighted by atomic mass is 32.1. The van der Waals surface area contributed by atoms with Gasteiger partial charge in [-0.15, -0.1) is 17.3 Å². The lowest BCUT2D eigenvalue weighted by Crippen LogP contribution is -1.82. The smallest absolute Gasteiger partial charge is 0.0774 e. The number of hydrogen-bond donors (Lipinski definition) is 0. The van der Waals surface area contributed by atoms with Gasteiger partial charge in [-0.05, 0) is 46.7 Å². The summed E-state index contributed by atoms with van der Waals surface area (Å²) in [7, 11) is 0. The summed E-state index contributed by atoms with van der Waals surface area (Å²) in [5.41, 5.74) is 1.32. The molecule has 0 nitrogen and oxygen atoms in total. The fourth-order valence-electron chi connectivity index (χ4n) is 2.94. The van der Waals surface area contributed by atoms with E-state index in [1.54, 1.807) is 11.3 Å². The number of hydrogen-bond acceptors (Lipinski definition) is 1. The Hall–Kier alpha value is -2.56. The molecule has 0 fully saturated rings. The van der Waals surface area contributed by atoms with Crippen molar-refractivity contribution in [2.45, 2.75) is 6.92 Å². The third-order valence-electron chi connectivity index (χ3n) is 3.87. The number of thiophene rings is 1. The molecule has 4 aromatic rings. The molecule has 0 saturated carbocycles. The predicted molar refractivity (Wildman–Crippen MR) is 97.3 cm³/mol. The molecular weight excluding hydrogens is 284 g/mol. The van der Waals surface area contributed by atoms with Crippen LogP contribution in [0.5, 0.6) is 0 Å². The van der Waals surface area contributed by atoms with Crippen LogP contribution in [0.25, 0.3) is 32.0 Å². The van der Waals surface area contributed by atoms with Gasteiger partial charge in [0.15, 0.2) is 0 Å². The van der Waals surface area contributed by atoms with Crippen LogP contribution in [-0.2, 0) is 0 Å². The van der Waals surface area contributed by atoms with Gasteiger partial charge in [-0.3, -0.25) is 0 Å². The molecule has 0 bridgehead atoms. The maximum atomic E-state index is 3.16. The average molecular weight is 298 g/mol. The molecule has 4 rings (SSSR count). The summed E-state index contributed by atoms with van der Waals surface area (Å²) in [6, 6.07) is 23.8. The highest BCUT2D eigenvalue weighted by Crippen LogP contribution is 2.39. The quantitative estimate of drug-likeness (QED) is 0.294. The topological polar surface area (TPSA) is 0 Å². The minimum atomic E-state index is 1.12. The van der Waals surface area contributed by atoms with Crippen LogP contribution in [0.15, 0.2) is 66.7 Å². The van der Waals surface area contributed by atoms with Gasteiger partial charge in [0.2, 0.25) is 0 Å². The summed E-state index contributed by atoms with van der Waals surface area (Å²) in [5, 5.41) is 5.18.